The average molecular weight is 192 g/mol. The molecule has 0 aromatic heterocycles. The molecule has 0 N–H and O–H groups in total. The Morgan fingerprint density at radius 1 is 1.11 bits per heavy atom. The topological polar surface area (TPSA) is 12.4 Å². The standard InChI is InChI=1S/C7H14BrN/c1-9-7-5-3-2-4-6-8/h1-7H2. The molecule has 0 aromatic rings. The fourth-order valence-electron chi connectivity index (χ4n) is 0.672. The molecule has 0 heterocycles. The Hall–Kier alpha value is 0.150. The zero-order valence-corrected chi connectivity index (χ0v) is 7.36. The molecule has 0 spiro atoms. The van der Waals surface area contributed by atoms with E-state index in [9.17, 15) is 0 Å². The molecular weight excluding hydrogens is 178 g/mol. The quantitative estimate of drug-likeness (QED) is 0.348. The van der Waals surface area contributed by atoms with Crippen molar-refractivity contribution in [3.63, 3.8) is 0 Å². The fourth-order valence-corrected chi connectivity index (χ4v) is 1.07. The van der Waals surface area contributed by atoms with E-state index in [2.05, 4.69) is 27.6 Å². The molecule has 0 amide bonds. The SMILES string of the molecule is C=NCCCCCCBr. The summed E-state index contributed by atoms with van der Waals surface area (Å²) < 4.78 is 0. The van der Waals surface area contributed by atoms with Crippen LogP contribution in [-0.4, -0.2) is 18.6 Å². The maximum atomic E-state index is 3.77. The van der Waals surface area contributed by atoms with E-state index in [0.717, 1.165) is 11.9 Å². The van der Waals surface area contributed by atoms with Gasteiger partial charge < -0.3 is 4.99 Å². The van der Waals surface area contributed by atoms with Crippen molar-refractivity contribution >= 4 is 22.6 Å². The van der Waals surface area contributed by atoms with Crippen LogP contribution in [0, 0.1) is 0 Å². The maximum absolute atomic E-state index is 3.77. The molecule has 0 saturated carbocycles. The summed E-state index contributed by atoms with van der Waals surface area (Å²) >= 11 is 3.38. The third-order valence-corrected chi connectivity index (χ3v) is 1.76. The van der Waals surface area contributed by atoms with Gasteiger partial charge in [0, 0.05) is 11.9 Å². The minimum Gasteiger partial charge on any atom is -0.301 e. The molecule has 0 aromatic carbocycles. The first-order valence-corrected chi connectivity index (χ1v) is 4.52. The summed E-state index contributed by atoms with van der Waals surface area (Å²) in [4.78, 5) is 3.77. The molecule has 0 atom stereocenters. The molecular formula is C7H14BrN. The van der Waals surface area contributed by atoms with Gasteiger partial charge in [-0.25, -0.2) is 0 Å². The summed E-state index contributed by atoms with van der Waals surface area (Å²) in [5, 5.41) is 1.13. The van der Waals surface area contributed by atoms with Crippen molar-refractivity contribution in [2.24, 2.45) is 4.99 Å². The van der Waals surface area contributed by atoms with E-state index in [4.69, 9.17) is 0 Å². The first-order valence-electron chi connectivity index (χ1n) is 3.40. The molecule has 0 aliphatic rings. The molecule has 9 heavy (non-hydrogen) atoms. The lowest BCUT2D eigenvalue weighted by Crippen LogP contribution is -1.81. The number of alkyl halides is 1. The average Bonchev–Trinajstić information content (AvgIpc) is 1.89. The largest absolute Gasteiger partial charge is 0.301 e. The number of halogens is 1. The minimum absolute atomic E-state index is 0.933. The van der Waals surface area contributed by atoms with Crippen LogP contribution in [0.4, 0.5) is 0 Å². The Balaban J connectivity index is 2.66. The van der Waals surface area contributed by atoms with Crippen molar-refractivity contribution in [2.45, 2.75) is 25.7 Å². The van der Waals surface area contributed by atoms with Crippen LogP contribution in [-0.2, 0) is 0 Å². The first kappa shape index (κ1) is 9.15. The van der Waals surface area contributed by atoms with Gasteiger partial charge in [-0.1, -0.05) is 28.8 Å². The summed E-state index contributed by atoms with van der Waals surface area (Å²) in [5.74, 6) is 0. The second kappa shape index (κ2) is 8.15. The summed E-state index contributed by atoms with van der Waals surface area (Å²) in [6, 6.07) is 0. The highest BCUT2D eigenvalue weighted by atomic mass is 79.9. The predicted molar refractivity (Wildman–Crippen MR) is 46.7 cm³/mol. The Kier molecular flexibility index (Phi) is 8.29. The highest BCUT2D eigenvalue weighted by Gasteiger charge is 1.85. The van der Waals surface area contributed by atoms with Crippen LogP contribution in [0.25, 0.3) is 0 Å². The minimum atomic E-state index is 0.933. The number of rotatable bonds is 6. The third-order valence-electron chi connectivity index (χ3n) is 1.20. The van der Waals surface area contributed by atoms with Crippen LogP contribution in [0.5, 0.6) is 0 Å². The van der Waals surface area contributed by atoms with Crippen LogP contribution in [0.1, 0.15) is 25.7 Å². The van der Waals surface area contributed by atoms with E-state index < -0.39 is 0 Å². The molecule has 0 unspecified atom stereocenters. The van der Waals surface area contributed by atoms with Gasteiger partial charge in [-0.2, -0.15) is 0 Å². The van der Waals surface area contributed by atoms with Gasteiger partial charge in [0.25, 0.3) is 0 Å². The monoisotopic (exact) mass is 191 g/mol. The second-order valence-electron chi connectivity index (χ2n) is 2.05. The zero-order chi connectivity index (χ0) is 6.95. The van der Waals surface area contributed by atoms with Gasteiger partial charge in [-0.05, 0) is 19.6 Å². The molecule has 2 heteroatoms. The van der Waals surface area contributed by atoms with Crippen molar-refractivity contribution in [3.05, 3.63) is 0 Å². The smallest absolute Gasteiger partial charge is 0.0382 e. The molecule has 0 aliphatic carbocycles. The van der Waals surface area contributed by atoms with Crippen LogP contribution >= 0.6 is 15.9 Å². The van der Waals surface area contributed by atoms with Crippen LogP contribution in [0.2, 0.25) is 0 Å². The van der Waals surface area contributed by atoms with E-state index in [1.165, 1.54) is 25.7 Å². The summed E-state index contributed by atoms with van der Waals surface area (Å²) in [6.07, 6.45) is 5.11. The number of unbranched alkanes of at least 4 members (excludes halogenated alkanes) is 3. The van der Waals surface area contributed by atoms with E-state index in [1.807, 2.05) is 0 Å². The molecule has 1 nitrogen and oxygen atoms in total. The van der Waals surface area contributed by atoms with Crippen molar-refractivity contribution in [3.8, 4) is 0 Å². The number of nitrogens with zero attached hydrogens (tertiary/aromatic N) is 1. The van der Waals surface area contributed by atoms with E-state index in [-0.39, 0.29) is 0 Å². The second-order valence-corrected chi connectivity index (χ2v) is 2.84. The molecule has 0 radical (unpaired) electrons. The lowest BCUT2D eigenvalue weighted by Gasteiger charge is -1.93. The molecule has 0 fully saturated rings. The summed E-state index contributed by atoms with van der Waals surface area (Å²) in [6.45, 7) is 4.35. The Labute approximate surface area is 65.7 Å². The van der Waals surface area contributed by atoms with Crippen LogP contribution in [0.3, 0.4) is 0 Å². The highest BCUT2D eigenvalue weighted by Crippen LogP contribution is 2.01. The lowest BCUT2D eigenvalue weighted by atomic mass is 10.2. The van der Waals surface area contributed by atoms with Crippen molar-refractivity contribution in [2.75, 3.05) is 11.9 Å². The lowest BCUT2D eigenvalue weighted by molar-refractivity contribution is 0.681. The first-order chi connectivity index (χ1) is 4.41. The Morgan fingerprint density at radius 2 is 1.78 bits per heavy atom. The summed E-state index contributed by atoms with van der Waals surface area (Å²) in [5.41, 5.74) is 0. The Morgan fingerprint density at radius 3 is 2.33 bits per heavy atom. The third kappa shape index (κ3) is 8.15. The molecule has 54 valence electrons. The van der Waals surface area contributed by atoms with Crippen molar-refractivity contribution in [1.29, 1.82) is 0 Å². The highest BCUT2D eigenvalue weighted by molar-refractivity contribution is 9.09. The van der Waals surface area contributed by atoms with Crippen LogP contribution in [0.15, 0.2) is 4.99 Å². The van der Waals surface area contributed by atoms with Gasteiger partial charge in [-0.15, -0.1) is 0 Å². The van der Waals surface area contributed by atoms with Gasteiger partial charge in [0.2, 0.25) is 0 Å². The van der Waals surface area contributed by atoms with Crippen molar-refractivity contribution < 1.29 is 0 Å². The Bertz CT molecular complexity index is 63.9. The van der Waals surface area contributed by atoms with Crippen molar-refractivity contribution in [1.82, 2.24) is 0 Å². The fraction of sp³-hybridized carbons (Fsp3) is 0.857. The maximum Gasteiger partial charge on any atom is 0.0382 e. The van der Waals surface area contributed by atoms with Crippen LogP contribution < -0.4 is 0 Å². The van der Waals surface area contributed by atoms with E-state index in [0.29, 0.717) is 0 Å². The van der Waals surface area contributed by atoms with Gasteiger partial charge in [0.15, 0.2) is 0 Å². The zero-order valence-electron chi connectivity index (χ0n) is 5.77. The molecule has 0 saturated heterocycles. The predicted octanol–water partition coefficient (Wildman–Crippen LogP) is 2.64. The molecule has 0 bridgehead atoms. The number of hydrogen-bond donors (Lipinski definition) is 0. The van der Waals surface area contributed by atoms with E-state index >= 15 is 0 Å². The van der Waals surface area contributed by atoms with E-state index in [1.54, 1.807) is 0 Å². The normalized spacial score (nSPS) is 9.44. The molecule has 0 rings (SSSR count). The van der Waals surface area contributed by atoms with Gasteiger partial charge in [-0.3, -0.25) is 0 Å². The number of hydrogen-bond acceptors (Lipinski definition) is 1. The molecule has 0 aliphatic heterocycles. The van der Waals surface area contributed by atoms with Gasteiger partial charge in [0.1, 0.15) is 0 Å². The summed E-state index contributed by atoms with van der Waals surface area (Å²) in [7, 11) is 0. The van der Waals surface area contributed by atoms with Gasteiger partial charge in [0.05, 0.1) is 0 Å². The number of aliphatic imine (C=N–C) groups is 1. The van der Waals surface area contributed by atoms with Gasteiger partial charge >= 0.3 is 0 Å².